The molecule has 1 aromatic carbocycles. The molecule has 0 bridgehead atoms. The summed E-state index contributed by atoms with van der Waals surface area (Å²) < 4.78 is 7.68. The van der Waals surface area contributed by atoms with Crippen LogP contribution in [-0.4, -0.2) is 14.5 Å². The van der Waals surface area contributed by atoms with E-state index >= 15 is 0 Å². The van der Waals surface area contributed by atoms with Crippen LogP contribution in [0.15, 0.2) is 48.7 Å². The summed E-state index contributed by atoms with van der Waals surface area (Å²) in [5, 5.41) is 3.89. The molecule has 90 valence electrons. The Kier molecular flexibility index (Phi) is 2.79. The maximum absolute atomic E-state index is 12.0. The van der Waals surface area contributed by atoms with Gasteiger partial charge in [0.25, 0.3) is 5.56 Å². The number of halogens is 2. The summed E-state index contributed by atoms with van der Waals surface area (Å²) in [5.41, 5.74) is 0.526. The van der Waals surface area contributed by atoms with Crippen molar-refractivity contribution < 1.29 is 4.52 Å². The fourth-order valence-corrected chi connectivity index (χ4v) is 2.12. The summed E-state index contributed by atoms with van der Waals surface area (Å²) in [5.74, 6) is 0.595. The van der Waals surface area contributed by atoms with E-state index in [1.165, 1.54) is 10.6 Å². The molecule has 0 spiro atoms. The minimum atomic E-state index is -0.251. The zero-order valence-electron chi connectivity index (χ0n) is 8.80. The molecule has 0 radical (unpaired) electrons. The highest BCUT2D eigenvalue weighted by atomic mass is 79.9. The number of rotatable bonds is 1. The van der Waals surface area contributed by atoms with Gasteiger partial charge in [0.1, 0.15) is 4.47 Å². The molecule has 0 fully saturated rings. The lowest BCUT2D eigenvalue weighted by Crippen LogP contribution is -2.14. The van der Waals surface area contributed by atoms with Crippen molar-refractivity contribution in [2.45, 2.75) is 0 Å². The molecule has 0 atom stereocenters. The third-order valence-electron chi connectivity index (χ3n) is 2.42. The van der Waals surface area contributed by atoms with Gasteiger partial charge in [0.2, 0.25) is 0 Å². The fraction of sp³-hybridized carbons (Fsp3) is 0. The number of nitrogens with zero attached hydrogens (tertiary/aromatic N) is 3. The first-order chi connectivity index (χ1) is 8.66. The van der Waals surface area contributed by atoms with Crippen molar-refractivity contribution in [3.05, 3.63) is 49.8 Å². The molecule has 0 aliphatic carbocycles. The summed E-state index contributed by atoms with van der Waals surface area (Å²) >= 11 is 6.50. The number of hydrogen-bond donors (Lipinski definition) is 0. The Bertz CT molecular complexity index is 777. The van der Waals surface area contributed by atoms with Crippen molar-refractivity contribution in [3.63, 3.8) is 0 Å². The zero-order valence-corrected chi connectivity index (χ0v) is 12.0. The molecule has 0 saturated heterocycles. The van der Waals surface area contributed by atoms with E-state index in [0.717, 1.165) is 10.0 Å². The first-order valence-electron chi connectivity index (χ1n) is 4.96. The van der Waals surface area contributed by atoms with Gasteiger partial charge in [0, 0.05) is 10.0 Å². The van der Waals surface area contributed by atoms with Crippen molar-refractivity contribution in [1.29, 1.82) is 0 Å². The molecule has 0 saturated carbocycles. The van der Waals surface area contributed by atoms with Gasteiger partial charge in [0.15, 0.2) is 5.82 Å². The Balaban J connectivity index is 2.33. The zero-order chi connectivity index (χ0) is 12.7. The van der Waals surface area contributed by atoms with Crippen molar-refractivity contribution in [1.82, 2.24) is 14.5 Å². The van der Waals surface area contributed by atoms with Gasteiger partial charge < -0.3 is 4.52 Å². The first kappa shape index (κ1) is 11.6. The van der Waals surface area contributed by atoms with Gasteiger partial charge in [-0.1, -0.05) is 21.1 Å². The summed E-state index contributed by atoms with van der Waals surface area (Å²) in [6.45, 7) is 0. The number of benzene rings is 1. The van der Waals surface area contributed by atoms with E-state index in [0.29, 0.717) is 10.3 Å². The second kappa shape index (κ2) is 4.33. The number of hydrogen-bond acceptors (Lipinski definition) is 4. The molecule has 0 N–H and O–H groups in total. The summed E-state index contributed by atoms with van der Waals surface area (Å²) in [6.07, 6.45) is 1.40. The van der Waals surface area contributed by atoms with Gasteiger partial charge in [-0.05, 0) is 40.2 Å². The third kappa shape index (κ3) is 1.79. The highest BCUT2D eigenvalue weighted by Gasteiger charge is 2.14. The molecule has 5 nitrogen and oxygen atoms in total. The molecule has 0 aliphatic heterocycles. The smallest absolute Gasteiger partial charge is 0.314 e. The monoisotopic (exact) mass is 369 g/mol. The second-order valence-electron chi connectivity index (χ2n) is 3.54. The van der Waals surface area contributed by atoms with Crippen LogP contribution in [0.3, 0.4) is 0 Å². The van der Waals surface area contributed by atoms with E-state index < -0.39 is 0 Å². The Hall–Kier alpha value is -1.47. The van der Waals surface area contributed by atoms with Crippen LogP contribution in [0.25, 0.3) is 17.2 Å². The molecule has 0 unspecified atom stereocenters. The van der Waals surface area contributed by atoms with Crippen LogP contribution in [0.5, 0.6) is 0 Å². The van der Waals surface area contributed by atoms with Crippen LogP contribution >= 0.6 is 31.9 Å². The van der Waals surface area contributed by atoms with E-state index in [4.69, 9.17) is 4.52 Å². The average molecular weight is 371 g/mol. The van der Waals surface area contributed by atoms with Gasteiger partial charge in [-0.25, -0.2) is 9.38 Å². The lowest BCUT2D eigenvalue weighted by atomic mass is 10.2. The van der Waals surface area contributed by atoms with E-state index in [2.05, 4.69) is 42.0 Å². The molecule has 7 heteroatoms. The Morgan fingerprint density at radius 3 is 2.61 bits per heavy atom. The summed E-state index contributed by atoms with van der Waals surface area (Å²) in [7, 11) is 0. The van der Waals surface area contributed by atoms with E-state index in [1.54, 1.807) is 0 Å². The topological polar surface area (TPSA) is 60.4 Å². The van der Waals surface area contributed by atoms with Crippen LogP contribution in [-0.2, 0) is 0 Å². The summed E-state index contributed by atoms with van der Waals surface area (Å²) in [6, 6.07) is 7.42. The molecular weight excluding hydrogens is 366 g/mol. The molecule has 0 aliphatic rings. The fourth-order valence-electron chi connectivity index (χ4n) is 1.58. The van der Waals surface area contributed by atoms with E-state index in [1.807, 2.05) is 24.3 Å². The van der Waals surface area contributed by atoms with E-state index in [-0.39, 0.29) is 11.4 Å². The van der Waals surface area contributed by atoms with Gasteiger partial charge in [-0.3, -0.25) is 4.79 Å². The predicted molar refractivity (Wildman–Crippen MR) is 72.4 cm³/mol. The van der Waals surface area contributed by atoms with Crippen LogP contribution in [0.2, 0.25) is 0 Å². The number of fused-ring (bicyclic) bond motifs is 1. The average Bonchev–Trinajstić information content (AvgIpc) is 2.79. The largest absolute Gasteiger partial charge is 0.335 e. The van der Waals surface area contributed by atoms with Gasteiger partial charge in [-0.2, -0.15) is 0 Å². The van der Waals surface area contributed by atoms with Gasteiger partial charge in [0.05, 0.1) is 6.20 Å². The molecule has 3 rings (SSSR count). The van der Waals surface area contributed by atoms with Crippen LogP contribution < -0.4 is 5.56 Å². The molecule has 3 aromatic rings. The predicted octanol–water partition coefficient (Wildman–Crippen LogP) is 2.87. The van der Waals surface area contributed by atoms with Crippen LogP contribution in [0.1, 0.15) is 0 Å². The molecule has 0 amide bonds. The van der Waals surface area contributed by atoms with Crippen molar-refractivity contribution >= 4 is 37.7 Å². The molecule has 18 heavy (non-hydrogen) atoms. The number of aromatic nitrogens is 3. The molecule has 2 aromatic heterocycles. The highest BCUT2D eigenvalue weighted by Crippen LogP contribution is 2.20. The second-order valence-corrected chi connectivity index (χ2v) is 5.31. The molecular formula is C11H5Br2N3O2. The van der Waals surface area contributed by atoms with Crippen molar-refractivity contribution in [2.24, 2.45) is 0 Å². The quantitative estimate of drug-likeness (QED) is 0.660. The maximum atomic E-state index is 12.0. The van der Waals surface area contributed by atoms with Crippen LogP contribution in [0.4, 0.5) is 0 Å². The molecule has 2 heterocycles. The normalized spacial score (nSPS) is 11.0. The third-order valence-corrected chi connectivity index (χ3v) is 3.49. The van der Waals surface area contributed by atoms with E-state index in [9.17, 15) is 4.79 Å². The SMILES string of the molecule is O=c1c(Br)cnc2onc(-c3ccc(Br)cc3)n12. The van der Waals surface area contributed by atoms with Gasteiger partial charge in [-0.15, -0.1) is 0 Å². The maximum Gasteiger partial charge on any atom is 0.335 e. The standard InChI is InChI=1S/C11H5Br2N3O2/c12-7-3-1-6(2-4-7)9-15-18-11-14-5-8(13)10(17)16(9)11/h1-5H. The lowest BCUT2D eigenvalue weighted by molar-refractivity contribution is 0.448. The first-order valence-corrected chi connectivity index (χ1v) is 6.54. The Labute approximate surface area is 118 Å². The Morgan fingerprint density at radius 1 is 1.17 bits per heavy atom. The van der Waals surface area contributed by atoms with Gasteiger partial charge >= 0.3 is 5.84 Å². The minimum absolute atomic E-state index is 0.168. The lowest BCUT2D eigenvalue weighted by Gasteiger charge is -1.98. The summed E-state index contributed by atoms with van der Waals surface area (Å²) in [4.78, 5) is 16.0. The highest BCUT2D eigenvalue weighted by molar-refractivity contribution is 9.10. The van der Waals surface area contributed by atoms with Crippen LogP contribution in [0, 0.1) is 0 Å². The minimum Gasteiger partial charge on any atom is -0.314 e. The Morgan fingerprint density at radius 2 is 1.89 bits per heavy atom. The van der Waals surface area contributed by atoms with Crippen molar-refractivity contribution in [3.8, 4) is 11.4 Å². The van der Waals surface area contributed by atoms with Crippen molar-refractivity contribution in [2.75, 3.05) is 0 Å².